The van der Waals surface area contributed by atoms with Gasteiger partial charge in [0.2, 0.25) is 5.78 Å². The fourth-order valence-corrected chi connectivity index (χ4v) is 0.223. The van der Waals surface area contributed by atoms with Crippen LogP contribution < -0.4 is 5.73 Å². The molecule has 0 saturated carbocycles. The number of nitrogens with two attached hydrogens (primary N) is 1. The van der Waals surface area contributed by atoms with Gasteiger partial charge in [-0.25, -0.2) is 0 Å². The molecular formula is C5H5NO3. The van der Waals surface area contributed by atoms with Gasteiger partial charge in [0.05, 0.1) is 5.70 Å². The lowest BCUT2D eigenvalue weighted by Gasteiger charge is -1.85. The number of aldehydes is 2. The first-order valence-corrected chi connectivity index (χ1v) is 2.12. The Morgan fingerprint density at radius 2 is 1.89 bits per heavy atom. The topological polar surface area (TPSA) is 77.2 Å². The molecule has 0 aliphatic carbocycles. The minimum atomic E-state index is -0.873. The van der Waals surface area contributed by atoms with Crippen molar-refractivity contribution in [2.75, 3.05) is 0 Å². The molecule has 0 aromatic carbocycles. The van der Waals surface area contributed by atoms with Crippen molar-refractivity contribution in [3.8, 4) is 0 Å². The average molecular weight is 127 g/mol. The van der Waals surface area contributed by atoms with E-state index >= 15 is 0 Å². The van der Waals surface area contributed by atoms with Crippen LogP contribution in [0.15, 0.2) is 11.8 Å². The Morgan fingerprint density at radius 1 is 1.33 bits per heavy atom. The summed E-state index contributed by atoms with van der Waals surface area (Å²) in [6, 6.07) is 0. The second-order valence-electron chi connectivity index (χ2n) is 1.24. The molecule has 0 aromatic heterocycles. The van der Waals surface area contributed by atoms with Crippen molar-refractivity contribution in [1.29, 1.82) is 0 Å². The number of ketones is 1. The quantitative estimate of drug-likeness (QED) is 0.293. The van der Waals surface area contributed by atoms with Crippen LogP contribution in [0.2, 0.25) is 0 Å². The zero-order valence-corrected chi connectivity index (χ0v) is 4.53. The van der Waals surface area contributed by atoms with Crippen LogP contribution in [0.1, 0.15) is 0 Å². The number of rotatable bonds is 3. The largest absolute Gasteiger partial charge is 0.395 e. The van der Waals surface area contributed by atoms with Crippen LogP contribution in [0.4, 0.5) is 0 Å². The lowest BCUT2D eigenvalue weighted by atomic mass is 10.3. The second-order valence-corrected chi connectivity index (χ2v) is 1.24. The molecule has 0 radical (unpaired) electrons. The van der Waals surface area contributed by atoms with Crippen molar-refractivity contribution in [2.24, 2.45) is 5.73 Å². The first-order chi connectivity index (χ1) is 4.22. The van der Waals surface area contributed by atoms with Crippen LogP contribution in [-0.4, -0.2) is 18.4 Å². The second kappa shape index (κ2) is 3.54. The van der Waals surface area contributed by atoms with E-state index in [-0.39, 0.29) is 12.0 Å². The van der Waals surface area contributed by atoms with Crippen LogP contribution in [-0.2, 0) is 14.4 Å². The SMILES string of the molecule is N/C(=C\C=O)C(=O)C=O. The van der Waals surface area contributed by atoms with Crippen molar-refractivity contribution in [1.82, 2.24) is 0 Å². The summed E-state index contributed by atoms with van der Waals surface area (Å²) in [6.45, 7) is 0. The minimum absolute atomic E-state index is 0.0509. The summed E-state index contributed by atoms with van der Waals surface area (Å²) in [6.07, 6.45) is 1.22. The summed E-state index contributed by atoms with van der Waals surface area (Å²) < 4.78 is 0. The number of hydrogen-bond donors (Lipinski definition) is 1. The van der Waals surface area contributed by atoms with Gasteiger partial charge in [0, 0.05) is 6.08 Å². The van der Waals surface area contributed by atoms with Crippen LogP contribution in [0, 0.1) is 0 Å². The molecule has 0 rings (SSSR count). The molecule has 0 unspecified atom stereocenters. The Balaban J connectivity index is 4.18. The summed E-state index contributed by atoms with van der Waals surface area (Å²) in [7, 11) is 0. The highest BCUT2D eigenvalue weighted by atomic mass is 16.2. The number of carbonyl (C=O) groups is 3. The highest BCUT2D eigenvalue weighted by Crippen LogP contribution is 1.79. The predicted molar refractivity (Wildman–Crippen MR) is 29.4 cm³/mol. The Kier molecular flexibility index (Phi) is 2.97. The van der Waals surface area contributed by atoms with E-state index in [1.807, 2.05) is 0 Å². The van der Waals surface area contributed by atoms with Gasteiger partial charge in [0.1, 0.15) is 6.29 Å². The predicted octanol–water partition coefficient (Wildman–Crippen LogP) is -1.20. The van der Waals surface area contributed by atoms with E-state index in [0.29, 0.717) is 6.29 Å². The Bertz CT molecular complexity index is 171. The molecule has 0 fully saturated rings. The first-order valence-electron chi connectivity index (χ1n) is 2.12. The van der Waals surface area contributed by atoms with E-state index in [1.54, 1.807) is 0 Å². The third-order valence-electron chi connectivity index (χ3n) is 0.639. The Hall–Kier alpha value is -1.45. The molecule has 0 aliphatic rings. The minimum Gasteiger partial charge on any atom is -0.395 e. The standard InChI is InChI=1S/C5H5NO3/c6-4(1-2-7)5(9)3-8/h1-3H,6H2/b4-1-. The molecule has 9 heavy (non-hydrogen) atoms. The molecule has 48 valence electrons. The number of allylic oxidation sites excluding steroid dienone is 2. The lowest BCUT2D eigenvalue weighted by Crippen LogP contribution is -2.11. The normalized spacial score (nSPS) is 10.4. The monoisotopic (exact) mass is 127 g/mol. The van der Waals surface area contributed by atoms with Crippen molar-refractivity contribution in [2.45, 2.75) is 0 Å². The Labute approximate surface area is 51.3 Å². The van der Waals surface area contributed by atoms with Gasteiger partial charge in [-0.05, 0) is 0 Å². The van der Waals surface area contributed by atoms with Gasteiger partial charge >= 0.3 is 0 Å². The third-order valence-corrected chi connectivity index (χ3v) is 0.639. The third kappa shape index (κ3) is 2.38. The number of hydrogen-bond acceptors (Lipinski definition) is 4. The number of Topliss-reactive ketones (excluding diaryl/α,β-unsaturated/α-hetero) is 1. The number of carbonyl (C=O) groups excluding carboxylic acids is 3. The molecule has 0 aliphatic heterocycles. The van der Waals surface area contributed by atoms with Gasteiger partial charge in [-0.2, -0.15) is 0 Å². The summed E-state index contributed by atoms with van der Waals surface area (Å²) in [4.78, 5) is 29.4. The molecule has 2 N–H and O–H groups in total. The maximum Gasteiger partial charge on any atom is 0.241 e. The Morgan fingerprint density at radius 3 is 2.22 bits per heavy atom. The smallest absolute Gasteiger partial charge is 0.241 e. The van der Waals surface area contributed by atoms with Gasteiger partial charge in [-0.15, -0.1) is 0 Å². The van der Waals surface area contributed by atoms with Crippen molar-refractivity contribution < 1.29 is 14.4 Å². The van der Waals surface area contributed by atoms with E-state index in [1.165, 1.54) is 0 Å². The fraction of sp³-hybridized carbons (Fsp3) is 0. The molecule has 0 amide bonds. The summed E-state index contributed by atoms with van der Waals surface area (Å²) >= 11 is 0. The zero-order valence-electron chi connectivity index (χ0n) is 4.53. The lowest BCUT2D eigenvalue weighted by molar-refractivity contribution is -0.127. The summed E-state index contributed by atoms with van der Waals surface area (Å²) in [5.74, 6) is -0.873. The molecule has 4 heteroatoms. The summed E-state index contributed by atoms with van der Waals surface area (Å²) in [5, 5.41) is 0. The highest BCUT2D eigenvalue weighted by molar-refractivity contribution is 6.33. The van der Waals surface area contributed by atoms with E-state index in [0.717, 1.165) is 6.08 Å². The zero-order chi connectivity index (χ0) is 7.28. The summed E-state index contributed by atoms with van der Waals surface area (Å²) in [5.41, 5.74) is 4.55. The van der Waals surface area contributed by atoms with Gasteiger partial charge in [0.15, 0.2) is 6.29 Å². The molecule has 0 atom stereocenters. The molecule has 0 spiro atoms. The average Bonchev–Trinajstić information content (AvgIpc) is 1.87. The van der Waals surface area contributed by atoms with Gasteiger partial charge < -0.3 is 5.73 Å². The van der Waals surface area contributed by atoms with Crippen LogP contribution >= 0.6 is 0 Å². The van der Waals surface area contributed by atoms with Gasteiger partial charge in [-0.1, -0.05) is 0 Å². The van der Waals surface area contributed by atoms with Crippen LogP contribution in [0.5, 0.6) is 0 Å². The van der Waals surface area contributed by atoms with Crippen LogP contribution in [0.25, 0.3) is 0 Å². The molecule has 0 bridgehead atoms. The molecule has 4 nitrogen and oxygen atoms in total. The van der Waals surface area contributed by atoms with Crippen molar-refractivity contribution in [3.05, 3.63) is 11.8 Å². The molecular weight excluding hydrogens is 122 g/mol. The van der Waals surface area contributed by atoms with Gasteiger partial charge in [-0.3, -0.25) is 14.4 Å². The van der Waals surface area contributed by atoms with E-state index < -0.39 is 5.78 Å². The van der Waals surface area contributed by atoms with E-state index in [4.69, 9.17) is 5.73 Å². The molecule has 0 aromatic rings. The maximum atomic E-state index is 10.2. The fourth-order valence-electron chi connectivity index (χ4n) is 0.223. The van der Waals surface area contributed by atoms with Gasteiger partial charge in [0.25, 0.3) is 0 Å². The van der Waals surface area contributed by atoms with Crippen molar-refractivity contribution in [3.63, 3.8) is 0 Å². The molecule has 0 saturated heterocycles. The van der Waals surface area contributed by atoms with E-state index in [9.17, 15) is 14.4 Å². The van der Waals surface area contributed by atoms with E-state index in [2.05, 4.69) is 0 Å². The first kappa shape index (κ1) is 7.55. The maximum absolute atomic E-state index is 10.2. The van der Waals surface area contributed by atoms with Crippen LogP contribution in [0.3, 0.4) is 0 Å². The highest BCUT2D eigenvalue weighted by Gasteiger charge is 1.99. The molecule has 0 heterocycles. The van der Waals surface area contributed by atoms with Crippen molar-refractivity contribution >= 4 is 18.4 Å².